The van der Waals surface area contributed by atoms with E-state index in [1.54, 1.807) is 12.1 Å². The van der Waals surface area contributed by atoms with E-state index in [1.807, 2.05) is 11.9 Å². The molecule has 1 aliphatic carbocycles. The number of amides is 2. The highest BCUT2D eigenvalue weighted by Gasteiger charge is 2.20. The number of hydrogen-bond donors (Lipinski definition) is 2. The van der Waals surface area contributed by atoms with Gasteiger partial charge in [0.1, 0.15) is 5.84 Å². The Hall–Kier alpha value is -2.35. The van der Waals surface area contributed by atoms with E-state index in [2.05, 4.69) is 27.2 Å². The van der Waals surface area contributed by atoms with Crippen molar-refractivity contribution in [1.29, 1.82) is 0 Å². The van der Waals surface area contributed by atoms with Gasteiger partial charge in [-0.15, -0.1) is 4.40 Å². The third kappa shape index (κ3) is 5.32. The van der Waals surface area contributed by atoms with Gasteiger partial charge in [-0.1, -0.05) is 12.2 Å². The van der Waals surface area contributed by atoms with E-state index in [-0.39, 0.29) is 10.9 Å². The molecule has 1 saturated heterocycles. The molecule has 8 heteroatoms. The highest BCUT2D eigenvalue weighted by molar-refractivity contribution is 7.90. The quantitative estimate of drug-likeness (QED) is 0.756. The lowest BCUT2D eigenvalue weighted by molar-refractivity contribution is 0.249. The van der Waals surface area contributed by atoms with Crippen molar-refractivity contribution in [3.63, 3.8) is 0 Å². The number of nitrogens with one attached hydrogen (secondary N) is 2. The van der Waals surface area contributed by atoms with Crippen molar-refractivity contribution in [2.75, 3.05) is 25.5 Å². The number of carbonyl (C=O) groups excluding carboxylic acids is 1. The molecule has 1 aromatic carbocycles. The second-order valence-electron chi connectivity index (χ2n) is 7.02. The largest absolute Gasteiger partial charge is 0.362 e. The SMILES string of the molecule is CN1CCC/C1=N/S(=O)(=O)c1ccc(NC(=O)NCC2CC=CCC2)cc1. The summed E-state index contributed by atoms with van der Waals surface area (Å²) in [6.45, 7) is 1.46. The fourth-order valence-corrected chi connectivity index (χ4v) is 4.36. The molecule has 27 heavy (non-hydrogen) atoms. The highest BCUT2D eigenvalue weighted by Crippen LogP contribution is 2.19. The van der Waals surface area contributed by atoms with Crippen molar-refractivity contribution in [3.8, 4) is 0 Å². The molecule has 1 aliphatic heterocycles. The Morgan fingerprint density at radius 2 is 2.04 bits per heavy atom. The van der Waals surface area contributed by atoms with E-state index in [0.717, 1.165) is 32.2 Å². The summed E-state index contributed by atoms with van der Waals surface area (Å²) in [5, 5.41) is 5.60. The Morgan fingerprint density at radius 3 is 2.67 bits per heavy atom. The first-order valence-corrected chi connectivity index (χ1v) is 10.7. The van der Waals surface area contributed by atoms with Crippen molar-refractivity contribution in [2.45, 2.75) is 37.0 Å². The molecular weight excluding hydrogens is 364 g/mol. The molecule has 0 radical (unpaired) electrons. The molecule has 1 aromatic rings. The first-order chi connectivity index (χ1) is 12.9. The van der Waals surface area contributed by atoms with Gasteiger partial charge in [0.15, 0.2) is 0 Å². The van der Waals surface area contributed by atoms with Crippen LogP contribution in [0.2, 0.25) is 0 Å². The second-order valence-corrected chi connectivity index (χ2v) is 8.62. The first kappa shape index (κ1) is 19.4. The molecule has 2 N–H and O–H groups in total. The molecule has 0 saturated carbocycles. The molecule has 1 unspecified atom stereocenters. The van der Waals surface area contributed by atoms with E-state index in [0.29, 0.717) is 30.4 Å². The number of urea groups is 1. The van der Waals surface area contributed by atoms with E-state index in [9.17, 15) is 13.2 Å². The minimum absolute atomic E-state index is 0.121. The van der Waals surface area contributed by atoms with Crippen LogP contribution in [0, 0.1) is 5.92 Å². The van der Waals surface area contributed by atoms with Crippen LogP contribution in [0.3, 0.4) is 0 Å². The number of likely N-dealkylation sites (tertiary alicyclic amines) is 1. The van der Waals surface area contributed by atoms with Crippen molar-refractivity contribution < 1.29 is 13.2 Å². The lowest BCUT2D eigenvalue weighted by atomic mass is 9.94. The summed E-state index contributed by atoms with van der Waals surface area (Å²) in [4.78, 5) is 14.0. The number of nitrogens with zero attached hydrogens (tertiary/aromatic N) is 2. The number of carbonyl (C=O) groups is 1. The Kier molecular flexibility index (Phi) is 6.15. The van der Waals surface area contributed by atoms with Gasteiger partial charge >= 0.3 is 6.03 Å². The molecular formula is C19H26N4O3S. The Labute approximate surface area is 160 Å². The number of sulfonamides is 1. The van der Waals surface area contributed by atoms with E-state index >= 15 is 0 Å². The Balaban J connectivity index is 1.56. The second kappa shape index (κ2) is 8.56. The summed E-state index contributed by atoms with van der Waals surface area (Å²) in [5.74, 6) is 1.07. The minimum Gasteiger partial charge on any atom is -0.362 e. The molecule has 3 rings (SSSR count). The number of allylic oxidation sites excluding steroid dienone is 2. The van der Waals surface area contributed by atoms with Crippen LogP contribution in [0.1, 0.15) is 32.1 Å². The standard InChI is InChI=1S/C19H26N4O3S/c1-23-13-5-8-18(23)22-27(25,26)17-11-9-16(10-12-17)21-19(24)20-14-15-6-3-2-4-7-15/h2-3,9-12,15H,4-8,13-14H2,1H3,(H2,20,21,24)/b22-18-. The van der Waals surface area contributed by atoms with Crippen molar-refractivity contribution in [1.82, 2.24) is 10.2 Å². The van der Waals surface area contributed by atoms with Gasteiger partial charge in [-0.05, 0) is 55.9 Å². The summed E-state index contributed by atoms with van der Waals surface area (Å²) in [6, 6.07) is 5.81. The molecule has 146 valence electrons. The molecule has 0 bridgehead atoms. The van der Waals surface area contributed by atoms with Crippen LogP contribution in [0.15, 0.2) is 45.7 Å². The number of hydrogen-bond acceptors (Lipinski definition) is 3. The van der Waals surface area contributed by atoms with Crippen LogP contribution < -0.4 is 10.6 Å². The van der Waals surface area contributed by atoms with Gasteiger partial charge < -0.3 is 15.5 Å². The third-order valence-electron chi connectivity index (χ3n) is 4.90. The average Bonchev–Trinajstić information content (AvgIpc) is 3.05. The summed E-state index contributed by atoms with van der Waals surface area (Å²) >= 11 is 0. The topological polar surface area (TPSA) is 90.9 Å². The van der Waals surface area contributed by atoms with Crippen LogP contribution in [0.5, 0.6) is 0 Å². The number of amidine groups is 1. The van der Waals surface area contributed by atoms with Crippen LogP contribution in [0.25, 0.3) is 0 Å². The molecule has 1 atom stereocenters. The van der Waals surface area contributed by atoms with Gasteiger partial charge in [0.2, 0.25) is 0 Å². The summed E-state index contributed by atoms with van der Waals surface area (Å²) in [5.41, 5.74) is 0.542. The van der Waals surface area contributed by atoms with Gasteiger partial charge in [-0.3, -0.25) is 0 Å². The fourth-order valence-electron chi connectivity index (χ4n) is 3.27. The van der Waals surface area contributed by atoms with E-state index < -0.39 is 10.0 Å². The van der Waals surface area contributed by atoms with E-state index in [1.165, 1.54) is 12.1 Å². The molecule has 1 fully saturated rings. The molecule has 2 amide bonds. The molecule has 0 aromatic heterocycles. The molecule has 1 heterocycles. The van der Waals surface area contributed by atoms with Crippen molar-refractivity contribution in [3.05, 3.63) is 36.4 Å². The zero-order valence-corrected chi connectivity index (χ0v) is 16.3. The predicted molar refractivity (Wildman–Crippen MR) is 106 cm³/mol. The van der Waals surface area contributed by atoms with E-state index in [4.69, 9.17) is 0 Å². The molecule has 0 spiro atoms. The maximum Gasteiger partial charge on any atom is 0.319 e. The predicted octanol–water partition coefficient (Wildman–Crippen LogP) is 2.98. The van der Waals surface area contributed by atoms with Crippen LogP contribution in [-0.2, 0) is 10.0 Å². The zero-order chi connectivity index (χ0) is 19.3. The Morgan fingerprint density at radius 1 is 1.26 bits per heavy atom. The van der Waals surface area contributed by atoms with Crippen LogP contribution in [-0.4, -0.2) is 45.3 Å². The van der Waals surface area contributed by atoms with Gasteiger partial charge in [-0.25, -0.2) is 4.79 Å². The molecule has 7 nitrogen and oxygen atoms in total. The number of benzene rings is 1. The summed E-state index contributed by atoms with van der Waals surface area (Å²) in [7, 11) is -1.89. The highest BCUT2D eigenvalue weighted by atomic mass is 32.2. The average molecular weight is 391 g/mol. The minimum atomic E-state index is -3.74. The Bertz CT molecular complexity index is 831. The lowest BCUT2D eigenvalue weighted by Crippen LogP contribution is -2.33. The number of rotatable bonds is 5. The van der Waals surface area contributed by atoms with Gasteiger partial charge in [0.25, 0.3) is 10.0 Å². The third-order valence-corrected chi connectivity index (χ3v) is 6.22. The smallest absolute Gasteiger partial charge is 0.319 e. The lowest BCUT2D eigenvalue weighted by Gasteiger charge is -2.18. The summed E-state index contributed by atoms with van der Waals surface area (Å²) in [6.07, 6.45) is 9.04. The van der Waals surface area contributed by atoms with Crippen LogP contribution >= 0.6 is 0 Å². The van der Waals surface area contributed by atoms with Gasteiger partial charge in [0.05, 0.1) is 4.90 Å². The fraction of sp³-hybridized carbons (Fsp3) is 0.474. The maximum absolute atomic E-state index is 12.4. The van der Waals surface area contributed by atoms with Crippen LogP contribution in [0.4, 0.5) is 10.5 Å². The first-order valence-electron chi connectivity index (χ1n) is 9.29. The zero-order valence-electron chi connectivity index (χ0n) is 15.5. The van der Waals surface area contributed by atoms with Gasteiger partial charge in [0, 0.05) is 32.2 Å². The van der Waals surface area contributed by atoms with Crippen molar-refractivity contribution in [2.24, 2.45) is 10.3 Å². The maximum atomic E-state index is 12.4. The monoisotopic (exact) mass is 390 g/mol. The van der Waals surface area contributed by atoms with Crippen molar-refractivity contribution >= 4 is 27.6 Å². The summed E-state index contributed by atoms with van der Waals surface area (Å²) < 4.78 is 28.8. The van der Waals surface area contributed by atoms with Gasteiger partial charge in [-0.2, -0.15) is 8.42 Å². The molecule has 2 aliphatic rings. The number of anilines is 1. The normalized spacial score (nSPS) is 21.4.